The van der Waals surface area contributed by atoms with Crippen LogP contribution < -0.4 is 10.6 Å². The van der Waals surface area contributed by atoms with Crippen molar-refractivity contribution in [1.82, 2.24) is 4.98 Å². The first-order chi connectivity index (χ1) is 8.08. The maximum atomic E-state index is 10.7. The van der Waals surface area contributed by atoms with Gasteiger partial charge in [0, 0.05) is 25.3 Å². The molecule has 0 radical (unpaired) electrons. The van der Waals surface area contributed by atoms with Crippen LogP contribution in [0.1, 0.15) is 0 Å². The van der Waals surface area contributed by atoms with E-state index in [1.165, 1.54) is 6.39 Å². The van der Waals surface area contributed by atoms with Gasteiger partial charge in [-0.25, -0.2) is 4.98 Å². The summed E-state index contributed by atoms with van der Waals surface area (Å²) >= 11 is 0. The van der Waals surface area contributed by atoms with Crippen molar-refractivity contribution in [3.63, 3.8) is 0 Å². The van der Waals surface area contributed by atoms with Crippen molar-refractivity contribution >= 4 is 22.8 Å². The monoisotopic (exact) mass is 235 g/mol. The van der Waals surface area contributed by atoms with Gasteiger partial charge in [0.2, 0.25) is 0 Å². The molecule has 0 aliphatic rings. The predicted molar refractivity (Wildman–Crippen MR) is 62.9 cm³/mol. The van der Waals surface area contributed by atoms with E-state index in [1.807, 2.05) is 12.1 Å². The van der Waals surface area contributed by atoms with Crippen LogP contribution in [0.15, 0.2) is 29.0 Å². The van der Waals surface area contributed by atoms with Gasteiger partial charge in [0.1, 0.15) is 11.6 Å². The molecule has 0 aliphatic carbocycles. The number of likely N-dealkylation sites (N-methyl/N-ethyl adjacent to an activating group) is 1. The average Bonchev–Trinajstić information content (AvgIpc) is 2.75. The molecular formula is C11H13N3O3. The third kappa shape index (κ3) is 2.36. The van der Waals surface area contributed by atoms with E-state index >= 15 is 0 Å². The number of hydrogen-bond acceptors (Lipinski definition) is 5. The van der Waals surface area contributed by atoms with Crippen LogP contribution in [0.5, 0.6) is 0 Å². The molecule has 6 heteroatoms. The molecule has 0 saturated carbocycles. The Morgan fingerprint density at radius 3 is 3.12 bits per heavy atom. The molecular weight excluding hydrogens is 222 g/mol. The van der Waals surface area contributed by atoms with Crippen LogP contribution in [0.3, 0.4) is 0 Å². The summed E-state index contributed by atoms with van der Waals surface area (Å²) in [5.74, 6) is -1.02. The fourth-order valence-electron chi connectivity index (χ4n) is 1.56. The van der Waals surface area contributed by atoms with E-state index in [-0.39, 0.29) is 6.54 Å². The van der Waals surface area contributed by atoms with E-state index in [1.54, 1.807) is 18.0 Å². The molecule has 6 nitrogen and oxygen atoms in total. The minimum atomic E-state index is -1.02. The van der Waals surface area contributed by atoms with Gasteiger partial charge in [-0.3, -0.25) is 4.79 Å². The Labute approximate surface area is 97.6 Å². The van der Waals surface area contributed by atoms with Gasteiger partial charge in [0.15, 0.2) is 12.0 Å². The molecule has 2 aromatic rings. The summed E-state index contributed by atoms with van der Waals surface area (Å²) in [6, 6.07) is 4.55. The number of fused-ring (bicyclic) bond motifs is 1. The molecule has 0 saturated heterocycles. The normalized spacial score (nSPS) is 12.6. The number of hydrogen-bond donors (Lipinski definition) is 2. The van der Waals surface area contributed by atoms with Crippen molar-refractivity contribution in [3.05, 3.63) is 24.6 Å². The van der Waals surface area contributed by atoms with Gasteiger partial charge >= 0.3 is 5.97 Å². The molecule has 17 heavy (non-hydrogen) atoms. The molecule has 1 heterocycles. The van der Waals surface area contributed by atoms with Gasteiger partial charge in [-0.05, 0) is 12.1 Å². The fourth-order valence-corrected chi connectivity index (χ4v) is 1.56. The molecule has 1 aromatic heterocycles. The molecule has 1 unspecified atom stereocenters. The van der Waals surface area contributed by atoms with Gasteiger partial charge in [-0.15, -0.1) is 0 Å². The Bertz CT molecular complexity index is 537. The molecule has 0 bridgehead atoms. The third-order valence-electron chi connectivity index (χ3n) is 2.54. The quantitative estimate of drug-likeness (QED) is 0.809. The van der Waals surface area contributed by atoms with Crippen molar-refractivity contribution in [1.29, 1.82) is 0 Å². The number of carboxylic acid groups (broad SMARTS) is 1. The summed E-state index contributed by atoms with van der Waals surface area (Å²) in [4.78, 5) is 16.4. The van der Waals surface area contributed by atoms with E-state index in [0.717, 1.165) is 11.2 Å². The molecule has 90 valence electrons. The van der Waals surface area contributed by atoms with Gasteiger partial charge in [0.25, 0.3) is 0 Å². The number of carbonyl (C=O) groups is 1. The lowest BCUT2D eigenvalue weighted by Crippen LogP contribution is -2.41. The Morgan fingerprint density at radius 1 is 1.65 bits per heavy atom. The molecule has 0 aliphatic heterocycles. The van der Waals surface area contributed by atoms with Gasteiger partial charge in [0.05, 0.1) is 0 Å². The van der Waals surface area contributed by atoms with Crippen molar-refractivity contribution in [2.45, 2.75) is 6.04 Å². The molecule has 1 aromatic carbocycles. The summed E-state index contributed by atoms with van der Waals surface area (Å²) in [5, 5.41) is 8.74. The largest absolute Gasteiger partial charge is 0.480 e. The second-order valence-electron chi connectivity index (χ2n) is 3.83. The average molecular weight is 235 g/mol. The first-order valence-corrected chi connectivity index (χ1v) is 5.10. The lowest BCUT2D eigenvalue weighted by atomic mass is 10.2. The van der Waals surface area contributed by atoms with Crippen LogP contribution >= 0.6 is 0 Å². The molecule has 2 rings (SSSR count). The van der Waals surface area contributed by atoms with Crippen LogP contribution in [0.2, 0.25) is 0 Å². The number of carboxylic acids is 1. The Balaban J connectivity index is 2.18. The van der Waals surface area contributed by atoms with Crippen molar-refractivity contribution < 1.29 is 14.3 Å². The molecule has 0 amide bonds. The summed E-state index contributed by atoms with van der Waals surface area (Å²) in [7, 11) is 1.78. The minimum Gasteiger partial charge on any atom is -0.480 e. The zero-order valence-electron chi connectivity index (χ0n) is 9.33. The topological polar surface area (TPSA) is 92.6 Å². The maximum Gasteiger partial charge on any atom is 0.322 e. The third-order valence-corrected chi connectivity index (χ3v) is 2.54. The Morgan fingerprint density at radius 2 is 2.41 bits per heavy atom. The summed E-state index contributed by atoms with van der Waals surface area (Å²) in [6.07, 6.45) is 1.37. The van der Waals surface area contributed by atoms with Crippen LogP contribution in [-0.2, 0) is 4.79 Å². The van der Waals surface area contributed by atoms with E-state index in [4.69, 9.17) is 15.3 Å². The molecule has 3 N–H and O–H groups in total. The Hall–Kier alpha value is -2.08. The van der Waals surface area contributed by atoms with Crippen LogP contribution in [0.25, 0.3) is 11.1 Å². The highest BCUT2D eigenvalue weighted by atomic mass is 16.4. The van der Waals surface area contributed by atoms with E-state index in [0.29, 0.717) is 5.58 Å². The lowest BCUT2D eigenvalue weighted by Gasteiger charge is -2.21. The number of anilines is 1. The van der Waals surface area contributed by atoms with Crippen molar-refractivity contribution in [3.8, 4) is 0 Å². The number of rotatable bonds is 4. The highest BCUT2D eigenvalue weighted by Gasteiger charge is 2.14. The first-order valence-electron chi connectivity index (χ1n) is 5.10. The van der Waals surface area contributed by atoms with Crippen molar-refractivity contribution in [2.75, 3.05) is 18.5 Å². The van der Waals surface area contributed by atoms with Gasteiger partial charge in [-0.2, -0.15) is 0 Å². The number of aromatic nitrogens is 1. The molecule has 0 spiro atoms. The smallest absolute Gasteiger partial charge is 0.322 e. The van der Waals surface area contributed by atoms with Gasteiger partial charge < -0.3 is 20.2 Å². The van der Waals surface area contributed by atoms with Crippen LogP contribution in [0.4, 0.5) is 5.69 Å². The second kappa shape index (κ2) is 4.42. The first kappa shape index (κ1) is 11.4. The number of nitrogens with zero attached hydrogens (tertiary/aromatic N) is 2. The molecule has 1 atom stereocenters. The zero-order valence-corrected chi connectivity index (χ0v) is 9.33. The number of aliphatic carboxylic acids is 1. The SMILES string of the molecule is CN(CC(N)C(=O)O)c1ccc2ncoc2c1. The van der Waals surface area contributed by atoms with E-state index in [2.05, 4.69) is 4.98 Å². The Kier molecular flexibility index (Phi) is 2.97. The highest BCUT2D eigenvalue weighted by Crippen LogP contribution is 2.20. The predicted octanol–water partition coefficient (Wildman–Crippen LogP) is 0.676. The minimum absolute atomic E-state index is 0.231. The zero-order chi connectivity index (χ0) is 12.4. The number of benzene rings is 1. The fraction of sp³-hybridized carbons (Fsp3) is 0.273. The van der Waals surface area contributed by atoms with Gasteiger partial charge in [-0.1, -0.05) is 0 Å². The highest BCUT2D eigenvalue weighted by molar-refractivity contribution is 5.78. The summed E-state index contributed by atoms with van der Waals surface area (Å²) in [5.41, 5.74) is 7.74. The van der Waals surface area contributed by atoms with Crippen molar-refractivity contribution in [2.24, 2.45) is 5.73 Å². The lowest BCUT2D eigenvalue weighted by molar-refractivity contribution is -0.138. The number of nitrogens with two attached hydrogens (primary N) is 1. The second-order valence-corrected chi connectivity index (χ2v) is 3.83. The van der Waals surface area contributed by atoms with Crippen LogP contribution in [0, 0.1) is 0 Å². The summed E-state index contributed by atoms with van der Waals surface area (Å²) in [6.45, 7) is 0.231. The summed E-state index contributed by atoms with van der Waals surface area (Å²) < 4.78 is 5.18. The van der Waals surface area contributed by atoms with Crippen LogP contribution in [-0.4, -0.2) is 35.7 Å². The molecule has 0 fully saturated rings. The van der Waals surface area contributed by atoms with E-state index in [9.17, 15) is 4.79 Å². The standard InChI is InChI=1S/C11H13N3O3/c1-14(5-8(12)11(15)16)7-2-3-9-10(4-7)17-6-13-9/h2-4,6,8H,5,12H2,1H3,(H,15,16). The van der Waals surface area contributed by atoms with E-state index < -0.39 is 12.0 Å². The number of oxazole rings is 1. The maximum absolute atomic E-state index is 10.7.